The first kappa shape index (κ1) is 23.3. The van der Waals surface area contributed by atoms with Crippen molar-refractivity contribution in [1.29, 1.82) is 0 Å². The summed E-state index contributed by atoms with van der Waals surface area (Å²) in [5.74, 6) is 2.17. The molecule has 3 rings (SSSR count). The maximum Gasteiger partial charge on any atom is 0.224 e. The van der Waals surface area contributed by atoms with Crippen molar-refractivity contribution in [2.45, 2.75) is 53.2 Å². The second kappa shape index (κ2) is 11.3. The first-order chi connectivity index (χ1) is 14.9. The Balaban J connectivity index is 1.47. The molecular formula is C24H35N3O4. The summed E-state index contributed by atoms with van der Waals surface area (Å²) in [5.41, 5.74) is 2.78. The van der Waals surface area contributed by atoms with Gasteiger partial charge in [-0.1, -0.05) is 31.1 Å². The SMILES string of the molecule is Cc1noc(C)c1COc1ccc(CC(=O)NCC(CC(C)C)N2CCOCC2)cc1. The molecule has 2 aromatic rings. The Morgan fingerprint density at radius 2 is 1.90 bits per heavy atom. The fourth-order valence-electron chi connectivity index (χ4n) is 3.89. The molecule has 0 saturated carbocycles. The van der Waals surface area contributed by atoms with Gasteiger partial charge in [-0.05, 0) is 43.9 Å². The number of hydrogen-bond donors (Lipinski definition) is 1. The second-order valence-electron chi connectivity index (χ2n) is 8.65. The first-order valence-electron chi connectivity index (χ1n) is 11.1. The molecule has 1 N–H and O–H groups in total. The monoisotopic (exact) mass is 429 g/mol. The molecular weight excluding hydrogens is 394 g/mol. The van der Waals surface area contributed by atoms with E-state index in [9.17, 15) is 4.79 Å². The van der Waals surface area contributed by atoms with Crippen molar-refractivity contribution in [2.75, 3.05) is 32.8 Å². The molecule has 7 heteroatoms. The van der Waals surface area contributed by atoms with E-state index in [4.69, 9.17) is 14.0 Å². The number of aryl methyl sites for hydroxylation is 2. The van der Waals surface area contributed by atoms with Crippen LogP contribution in [0, 0.1) is 19.8 Å². The summed E-state index contributed by atoms with van der Waals surface area (Å²) in [6.07, 6.45) is 1.43. The molecule has 1 aromatic carbocycles. The van der Waals surface area contributed by atoms with Crippen molar-refractivity contribution in [3.05, 3.63) is 46.8 Å². The molecule has 7 nitrogen and oxygen atoms in total. The van der Waals surface area contributed by atoms with Crippen LogP contribution in [0.1, 0.15) is 42.8 Å². The molecule has 0 aliphatic carbocycles. The fourth-order valence-corrected chi connectivity index (χ4v) is 3.89. The van der Waals surface area contributed by atoms with Crippen LogP contribution in [0.4, 0.5) is 0 Å². The molecule has 170 valence electrons. The van der Waals surface area contributed by atoms with Crippen molar-refractivity contribution >= 4 is 5.91 Å². The summed E-state index contributed by atoms with van der Waals surface area (Å²) in [4.78, 5) is 15.0. The molecule has 0 bridgehead atoms. The van der Waals surface area contributed by atoms with Crippen molar-refractivity contribution in [3.63, 3.8) is 0 Å². The molecule has 1 fully saturated rings. The molecule has 1 saturated heterocycles. The lowest BCUT2D eigenvalue weighted by Crippen LogP contribution is -2.49. The number of nitrogens with zero attached hydrogens (tertiary/aromatic N) is 2. The summed E-state index contributed by atoms with van der Waals surface area (Å²) in [6.45, 7) is 12.7. The van der Waals surface area contributed by atoms with Crippen molar-refractivity contribution in [3.8, 4) is 5.75 Å². The summed E-state index contributed by atoms with van der Waals surface area (Å²) >= 11 is 0. The van der Waals surface area contributed by atoms with Gasteiger partial charge < -0.3 is 19.3 Å². The number of morpholine rings is 1. The Morgan fingerprint density at radius 3 is 2.52 bits per heavy atom. The van der Waals surface area contributed by atoms with E-state index in [1.165, 1.54) is 0 Å². The third-order valence-electron chi connectivity index (χ3n) is 5.69. The molecule has 1 aliphatic rings. The number of rotatable bonds is 10. The quantitative estimate of drug-likeness (QED) is 0.625. The van der Waals surface area contributed by atoms with Gasteiger partial charge in [-0.3, -0.25) is 9.69 Å². The zero-order chi connectivity index (χ0) is 22.2. The van der Waals surface area contributed by atoms with Gasteiger partial charge in [-0.15, -0.1) is 0 Å². The lowest BCUT2D eigenvalue weighted by Gasteiger charge is -2.35. The molecule has 1 atom stereocenters. The zero-order valence-electron chi connectivity index (χ0n) is 19.1. The van der Waals surface area contributed by atoms with Gasteiger partial charge in [0.1, 0.15) is 18.1 Å². The Labute approximate surface area is 185 Å². The number of nitrogens with one attached hydrogen (secondary N) is 1. The highest BCUT2D eigenvalue weighted by molar-refractivity contribution is 5.78. The van der Waals surface area contributed by atoms with Crippen LogP contribution in [0.3, 0.4) is 0 Å². The van der Waals surface area contributed by atoms with E-state index in [1.807, 2.05) is 38.1 Å². The molecule has 2 heterocycles. The van der Waals surface area contributed by atoms with E-state index in [-0.39, 0.29) is 5.91 Å². The van der Waals surface area contributed by atoms with Gasteiger partial charge in [-0.25, -0.2) is 0 Å². The summed E-state index contributed by atoms with van der Waals surface area (Å²) in [6, 6.07) is 8.03. The zero-order valence-corrected chi connectivity index (χ0v) is 19.1. The number of benzene rings is 1. The number of aromatic nitrogens is 1. The standard InChI is InChI=1S/C24H35N3O4/c1-17(2)13-21(27-9-11-29-12-10-27)15-25-24(28)14-20-5-7-22(8-6-20)30-16-23-18(3)26-31-19(23)4/h5-8,17,21H,9-16H2,1-4H3,(H,25,28). The van der Waals surface area contributed by atoms with Gasteiger partial charge in [0.2, 0.25) is 5.91 Å². The minimum Gasteiger partial charge on any atom is -0.489 e. The molecule has 1 amide bonds. The number of ether oxygens (including phenoxy) is 2. The highest BCUT2D eigenvalue weighted by atomic mass is 16.5. The van der Waals surface area contributed by atoms with Crippen LogP contribution in [0.5, 0.6) is 5.75 Å². The number of amides is 1. The average Bonchev–Trinajstić information content (AvgIpc) is 3.08. The van der Waals surface area contributed by atoms with Crippen molar-refractivity contribution < 1.29 is 18.8 Å². The van der Waals surface area contributed by atoms with Crippen molar-refractivity contribution in [1.82, 2.24) is 15.4 Å². The molecule has 1 aromatic heterocycles. The summed E-state index contributed by atoms with van der Waals surface area (Å²) < 4.78 is 16.5. The predicted octanol–water partition coefficient (Wildman–Crippen LogP) is 3.28. The van der Waals surface area contributed by atoms with Crippen LogP contribution in [-0.2, 0) is 22.6 Å². The summed E-state index contributed by atoms with van der Waals surface area (Å²) in [5, 5.41) is 7.08. The number of carbonyl (C=O) groups excluding carboxylic acids is 1. The minimum absolute atomic E-state index is 0.0476. The van der Waals surface area contributed by atoms with E-state index < -0.39 is 0 Å². The van der Waals surface area contributed by atoms with E-state index in [2.05, 4.69) is 29.2 Å². The Bertz CT molecular complexity index is 806. The third kappa shape index (κ3) is 7.08. The van der Waals surface area contributed by atoms with E-state index in [0.29, 0.717) is 31.5 Å². The topological polar surface area (TPSA) is 76.8 Å². The minimum atomic E-state index is 0.0476. The molecule has 1 aliphatic heterocycles. The smallest absolute Gasteiger partial charge is 0.224 e. The third-order valence-corrected chi connectivity index (χ3v) is 5.69. The van der Waals surface area contributed by atoms with Gasteiger partial charge in [0.05, 0.1) is 30.9 Å². The van der Waals surface area contributed by atoms with Crippen LogP contribution >= 0.6 is 0 Å². The largest absolute Gasteiger partial charge is 0.489 e. The number of carbonyl (C=O) groups is 1. The van der Waals surface area contributed by atoms with Crippen LogP contribution < -0.4 is 10.1 Å². The normalized spacial score (nSPS) is 15.8. The molecule has 0 spiro atoms. The van der Waals surface area contributed by atoms with Crippen LogP contribution in [-0.4, -0.2) is 54.9 Å². The maximum atomic E-state index is 12.5. The van der Waals surface area contributed by atoms with Gasteiger partial charge in [-0.2, -0.15) is 0 Å². The van der Waals surface area contributed by atoms with E-state index >= 15 is 0 Å². The van der Waals surface area contributed by atoms with E-state index in [1.54, 1.807) is 0 Å². The second-order valence-corrected chi connectivity index (χ2v) is 8.65. The lowest BCUT2D eigenvalue weighted by atomic mass is 10.0. The van der Waals surface area contributed by atoms with Crippen molar-refractivity contribution in [2.24, 2.45) is 5.92 Å². The fraction of sp³-hybridized carbons (Fsp3) is 0.583. The Kier molecular flexibility index (Phi) is 8.49. The first-order valence-corrected chi connectivity index (χ1v) is 11.1. The highest BCUT2D eigenvalue weighted by Gasteiger charge is 2.22. The Hall–Kier alpha value is -2.38. The Morgan fingerprint density at radius 1 is 1.19 bits per heavy atom. The molecule has 1 unspecified atom stereocenters. The van der Waals surface area contributed by atoms with E-state index in [0.717, 1.165) is 61.1 Å². The van der Waals surface area contributed by atoms with Gasteiger partial charge in [0.25, 0.3) is 0 Å². The van der Waals surface area contributed by atoms with Gasteiger partial charge in [0, 0.05) is 25.7 Å². The molecule has 31 heavy (non-hydrogen) atoms. The lowest BCUT2D eigenvalue weighted by molar-refractivity contribution is -0.120. The van der Waals surface area contributed by atoms with Crippen LogP contribution in [0.2, 0.25) is 0 Å². The van der Waals surface area contributed by atoms with Crippen LogP contribution in [0.25, 0.3) is 0 Å². The average molecular weight is 430 g/mol. The van der Waals surface area contributed by atoms with Gasteiger partial charge in [0.15, 0.2) is 0 Å². The predicted molar refractivity (Wildman–Crippen MR) is 119 cm³/mol. The maximum absolute atomic E-state index is 12.5. The number of hydrogen-bond acceptors (Lipinski definition) is 6. The van der Waals surface area contributed by atoms with Gasteiger partial charge >= 0.3 is 0 Å². The summed E-state index contributed by atoms with van der Waals surface area (Å²) in [7, 11) is 0. The molecule has 0 radical (unpaired) electrons. The van der Waals surface area contributed by atoms with Crippen LogP contribution in [0.15, 0.2) is 28.8 Å². The highest BCUT2D eigenvalue weighted by Crippen LogP contribution is 2.18.